The summed E-state index contributed by atoms with van der Waals surface area (Å²) in [5.41, 5.74) is 1.43. The molecule has 0 fully saturated rings. The number of anilines is 1. The van der Waals surface area contributed by atoms with E-state index in [0.717, 1.165) is 17.9 Å². The number of ether oxygens (including phenoxy) is 2. The van der Waals surface area contributed by atoms with E-state index >= 15 is 0 Å². The van der Waals surface area contributed by atoms with E-state index < -0.39 is 0 Å². The Labute approximate surface area is 161 Å². The summed E-state index contributed by atoms with van der Waals surface area (Å²) in [5.74, 6) is 0.661. The molecule has 0 saturated carbocycles. The van der Waals surface area contributed by atoms with Crippen molar-refractivity contribution < 1.29 is 19.1 Å². The van der Waals surface area contributed by atoms with Crippen molar-refractivity contribution in [3.05, 3.63) is 23.8 Å². The Morgan fingerprint density at radius 3 is 2.78 bits per heavy atom. The van der Waals surface area contributed by atoms with Gasteiger partial charge in [-0.3, -0.25) is 9.59 Å². The molecule has 1 atom stereocenters. The SMILES string of the molecule is CC(C)OCCCNC(=O)C[C@H]1COc2ccc(C(=O)N(C)C)cc2N1C. The van der Waals surface area contributed by atoms with Gasteiger partial charge in [0.15, 0.2) is 0 Å². The highest BCUT2D eigenvalue weighted by Crippen LogP contribution is 2.34. The van der Waals surface area contributed by atoms with Crippen LogP contribution in [0.2, 0.25) is 0 Å². The summed E-state index contributed by atoms with van der Waals surface area (Å²) >= 11 is 0. The van der Waals surface area contributed by atoms with Crippen molar-refractivity contribution in [1.29, 1.82) is 0 Å². The predicted molar refractivity (Wildman–Crippen MR) is 105 cm³/mol. The summed E-state index contributed by atoms with van der Waals surface area (Å²) in [5, 5.41) is 2.93. The fraction of sp³-hybridized carbons (Fsp3) is 0.600. The van der Waals surface area contributed by atoms with Crippen LogP contribution >= 0.6 is 0 Å². The van der Waals surface area contributed by atoms with Crippen LogP contribution in [0, 0.1) is 0 Å². The smallest absolute Gasteiger partial charge is 0.253 e. The summed E-state index contributed by atoms with van der Waals surface area (Å²) in [6, 6.07) is 5.33. The third-order valence-corrected chi connectivity index (χ3v) is 4.49. The fourth-order valence-corrected chi connectivity index (χ4v) is 2.90. The Morgan fingerprint density at radius 1 is 1.37 bits per heavy atom. The number of carbonyl (C=O) groups excluding carboxylic acids is 2. The van der Waals surface area contributed by atoms with Crippen molar-refractivity contribution in [3.63, 3.8) is 0 Å². The van der Waals surface area contributed by atoms with Crippen LogP contribution in [0.15, 0.2) is 18.2 Å². The Kier molecular flexibility index (Phi) is 7.47. The second-order valence-corrected chi connectivity index (χ2v) is 7.28. The van der Waals surface area contributed by atoms with Gasteiger partial charge in [-0.2, -0.15) is 0 Å². The van der Waals surface area contributed by atoms with Crippen LogP contribution in [0.4, 0.5) is 5.69 Å². The number of likely N-dealkylation sites (N-methyl/N-ethyl adjacent to an activating group) is 1. The monoisotopic (exact) mass is 377 g/mol. The molecule has 1 aliphatic rings. The molecule has 1 aliphatic heterocycles. The minimum atomic E-state index is -0.0749. The molecule has 7 heteroatoms. The van der Waals surface area contributed by atoms with Gasteiger partial charge in [-0.05, 0) is 38.5 Å². The number of fused-ring (bicyclic) bond motifs is 1. The lowest BCUT2D eigenvalue weighted by Gasteiger charge is -2.35. The zero-order chi connectivity index (χ0) is 20.0. The molecule has 2 amide bonds. The van der Waals surface area contributed by atoms with Gasteiger partial charge in [0, 0.05) is 39.9 Å². The number of hydrogen-bond donors (Lipinski definition) is 1. The topological polar surface area (TPSA) is 71.1 Å². The van der Waals surface area contributed by atoms with Crippen LogP contribution in [0.3, 0.4) is 0 Å². The fourth-order valence-electron chi connectivity index (χ4n) is 2.90. The molecule has 0 spiro atoms. The van der Waals surface area contributed by atoms with Crippen LogP contribution in [-0.4, -0.2) is 69.8 Å². The van der Waals surface area contributed by atoms with Gasteiger partial charge in [0.1, 0.15) is 12.4 Å². The van der Waals surface area contributed by atoms with Crippen molar-refractivity contribution in [2.24, 2.45) is 0 Å². The maximum atomic E-state index is 12.2. The summed E-state index contributed by atoms with van der Waals surface area (Å²) in [6.07, 6.45) is 1.34. The lowest BCUT2D eigenvalue weighted by Crippen LogP contribution is -2.44. The van der Waals surface area contributed by atoms with Gasteiger partial charge >= 0.3 is 0 Å². The molecular weight excluding hydrogens is 346 g/mol. The lowest BCUT2D eigenvalue weighted by molar-refractivity contribution is -0.121. The van der Waals surface area contributed by atoms with Crippen LogP contribution in [0.25, 0.3) is 0 Å². The average molecular weight is 377 g/mol. The number of nitrogens with zero attached hydrogens (tertiary/aromatic N) is 2. The van der Waals surface area contributed by atoms with Crippen molar-refractivity contribution in [3.8, 4) is 5.75 Å². The molecule has 0 radical (unpaired) electrons. The standard InChI is InChI=1S/C20H31N3O4/c1-14(2)26-10-6-9-21-19(24)12-16-13-27-18-8-7-15(20(25)22(3)4)11-17(18)23(16)5/h7-8,11,14,16H,6,9-10,12-13H2,1-5H3,(H,21,24)/t16-/m0/s1. The Bertz CT molecular complexity index is 661. The predicted octanol–water partition coefficient (Wildman–Crippen LogP) is 1.91. The number of carbonyl (C=O) groups is 2. The van der Waals surface area contributed by atoms with Crippen LogP contribution in [0.5, 0.6) is 5.75 Å². The highest BCUT2D eigenvalue weighted by atomic mass is 16.5. The molecule has 1 aromatic rings. The molecule has 27 heavy (non-hydrogen) atoms. The molecule has 0 saturated heterocycles. The summed E-state index contributed by atoms with van der Waals surface area (Å²) < 4.78 is 11.3. The lowest BCUT2D eigenvalue weighted by atomic mass is 10.1. The van der Waals surface area contributed by atoms with Crippen molar-refractivity contribution in [2.75, 3.05) is 45.8 Å². The van der Waals surface area contributed by atoms with Gasteiger partial charge in [-0.15, -0.1) is 0 Å². The largest absolute Gasteiger partial charge is 0.489 e. The normalized spacial score (nSPS) is 15.9. The zero-order valence-corrected chi connectivity index (χ0v) is 16.9. The van der Waals surface area contributed by atoms with Gasteiger partial charge in [-0.25, -0.2) is 0 Å². The first-order chi connectivity index (χ1) is 12.8. The van der Waals surface area contributed by atoms with Gasteiger partial charge in [0.25, 0.3) is 5.91 Å². The van der Waals surface area contributed by atoms with E-state index in [1.54, 1.807) is 25.1 Å². The summed E-state index contributed by atoms with van der Waals surface area (Å²) in [7, 11) is 5.38. The molecule has 0 bridgehead atoms. The molecule has 0 aromatic heterocycles. The average Bonchev–Trinajstić information content (AvgIpc) is 2.62. The molecule has 150 valence electrons. The molecule has 0 aliphatic carbocycles. The van der Waals surface area contributed by atoms with E-state index in [9.17, 15) is 9.59 Å². The second kappa shape index (κ2) is 9.60. The van der Waals surface area contributed by atoms with Crippen LogP contribution in [0.1, 0.15) is 37.0 Å². The molecule has 1 N–H and O–H groups in total. The van der Waals surface area contributed by atoms with Crippen molar-refractivity contribution in [2.45, 2.75) is 38.8 Å². The first-order valence-electron chi connectivity index (χ1n) is 9.39. The van der Waals surface area contributed by atoms with E-state index in [2.05, 4.69) is 5.32 Å². The first-order valence-corrected chi connectivity index (χ1v) is 9.39. The van der Waals surface area contributed by atoms with E-state index in [1.165, 1.54) is 0 Å². The highest BCUT2D eigenvalue weighted by molar-refractivity contribution is 5.95. The van der Waals surface area contributed by atoms with E-state index in [-0.39, 0.29) is 24.0 Å². The molecular formula is C20H31N3O4. The van der Waals surface area contributed by atoms with Gasteiger partial charge < -0.3 is 24.6 Å². The van der Waals surface area contributed by atoms with Crippen molar-refractivity contribution in [1.82, 2.24) is 10.2 Å². The Balaban J connectivity index is 1.91. The third kappa shape index (κ3) is 5.85. The van der Waals surface area contributed by atoms with E-state index in [4.69, 9.17) is 9.47 Å². The molecule has 7 nitrogen and oxygen atoms in total. The quantitative estimate of drug-likeness (QED) is 0.701. The van der Waals surface area contributed by atoms with Gasteiger partial charge in [0.05, 0.1) is 24.3 Å². The maximum absolute atomic E-state index is 12.2. The number of rotatable bonds is 8. The van der Waals surface area contributed by atoms with E-state index in [1.807, 2.05) is 37.9 Å². The van der Waals surface area contributed by atoms with E-state index in [0.29, 0.717) is 31.7 Å². The zero-order valence-electron chi connectivity index (χ0n) is 16.9. The Morgan fingerprint density at radius 2 is 2.11 bits per heavy atom. The first kappa shape index (κ1) is 21.0. The van der Waals surface area contributed by atoms with Gasteiger partial charge in [0.2, 0.25) is 5.91 Å². The number of amides is 2. The minimum Gasteiger partial charge on any atom is -0.489 e. The summed E-state index contributed by atoms with van der Waals surface area (Å²) in [6.45, 7) is 5.66. The number of hydrogen-bond acceptors (Lipinski definition) is 5. The molecule has 1 aromatic carbocycles. The molecule has 1 heterocycles. The molecule has 0 unspecified atom stereocenters. The minimum absolute atomic E-state index is 0.0102. The Hall–Kier alpha value is -2.28. The van der Waals surface area contributed by atoms with Crippen LogP contribution in [-0.2, 0) is 9.53 Å². The molecule has 2 rings (SSSR count). The maximum Gasteiger partial charge on any atom is 0.253 e. The second-order valence-electron chi connectivity index (χ2n) is 7.28. The summed E-state index contributed by atoms with van der Waals surface area (Å²) in [4.78, 5) is 28.0. The van der Waals surface area contributed by atoms with Gasteiger partial charge in [-0.1, -0.05) is 0 Å². The third-order valence-electron chi connectivity index (χ3n) is 4.49. The highest BCUT2D eigenvalue weighted by Gasteiger charge is 2.27. The number of benzene rings is 1. The van der Waals surface area contributed by atoms with Crippen molar-refractivity contribution >= 4 is 17.5 Å². The van der Waals surface area contributed by atoms with Crippen LogP contribution < -0.4 is 15.0 Å². The number of nitrogens with one attached hydrogen (secondary N) is 1.